The van der Waals surface area contributed by atoms with Crippen molar-refractivity contribution in [2.24, 2.45) is 57.2 Å². The number of aliphatic hydroxyl groups is 1. The van der Waals surface area contributed by atoms with Gasteiger partial charge in [-0.3, -0.25) is 14.6 Å². The minimum atomic E-state index is -0.295. The molecule has 0 unspecified atom stereocenters. The summed E-state index contributed by atoms with van der Waals surface area (Å²) in [6.07, 6.45) is 8.43. The summed E-state index contributed by atoms with van der Waals surface area (Å²) in [5, 5.41) is 10.2. The van der Waals surface area contributed by atoms with Crippen LogP contribution in [0.5, 0.6) is 0 Å². The van der Waals surface area contributed by atoms with E-state index < -0.39 is 0 Å². The lowest BCUT2D eigenvalue weighted by Crippen LogP contribution is -2.57. The first kappa shape index (κ1) is 21.8. The van der Waals surface area contributed by atoms with Gasteiger partial charge in [-0.1, -0.05) is 27.7 Å². The van der Waals surface area contributed by atoms with E-state index in [1.165, 1.54) is 19.3 Å². The van der Waals surface area contributed by atoms with Crippen molar-refractivity contribution in [3.63, 3.8) is 0 Å². The van der Waals surface area contributed by atoms with E-state index in [0.717, 1.165) is 37.9 Å². The van der Waals surface area contributed by atoms with Gasteiger partial charge in [-0.05, 0) is 91.8 Å². The maximum Gasteiger partial charge on any atom is 0.179 e. The summed E-state index contributed by atoms with van der Waals surface area (Å²) in [4.78, 5) is 31.1. The Bertz CT molecular complexity index is 804. The van der Waals surface area contributed by atoms with E-state index in [9.17, 15) is 14.7 Å². The van der Waals surface area contributed by atoms with E-state index in [-0.39, 0.29) is 28.8 Å². The van der Waals surface area contributed by atoms with E-state index in [0.29, 0.717) is 54.0 Å². The van der Waals surface area contributed by atoms with Crippen molar-refractivity contribution >= 4 is 17.3 Å². The number of carbonyl (C=O) groups is 2. The molecule has 5 rings (SSSR count). The topological polar surface area (TPSA) is 66.7 Å². The second kappa shape index (κ2) is 7.50. The number of Topliss-reactive ketones (excluding diaryl/α,β-unsaturated/α-hetero) is 2. The second-order valence-corrected chi connectivity index (χ2v) is 12.5. The predicted octanol–water partition coefficient (Wildman–Crippen LogP) is 4.87. The van der Waals surface area contributed by atoms with Crippen molar-refractivity contribution in [3.8, 4) is 0 Å². The van der Waals surface area contributed by atoms with Crippen LogP contribution in [0.15, 0.2) is 4.99 Å². The molecular weight excluding hydrogens is 386 g/mol. The number of hydrogen-bond donors (Lipinski definition) is 1. The Balaban J connectivity index is 1.38. The maximum atomic E-state index is 13.3. The van der Waals surface area contributed by atoms with Gasteiger partial charge in [0.25, 0.3) is 0 Å². The second-order valence-electron chi connectivity index (χ2n) is 12.5. The zero-order valence-corrected chi connectivity index (χ0v) is 19.9. The van der Waals surface area contributed by atoms with Crippen molar-refractivity contribution in [2.75, 3.05) is 6.54 Å². The molecule has 1 N–H and O–H groups in total. The van der Waals surface area contributed by atoms with Gasteiger partial charge in [0.15, 0.2) is 5.78 Å². The first-order valence-corrected chi connectivity index (χ1v) is 12.9. The predicted molar refractivity (Wildman–Crippen MR) is 122 cm³/mol. The quantitative estimate of drug-likeness (QED) is 0.699. The molecule has 0 radical (unpaired) electrons. The molecule has 5 aliphatic rings. The monoisotopic (exact) mass is 427 g/mol. The molecule has 0 amide bonds. The van der Waals surface area contributed by atoms with Gasteiger partial charge in [-0.25, -0.2) is 0 Å². The molecule has 172 valence electrons. The molecule has 1 aliphatic heterocycles. The summed E-state index contributed by atoms with van der Waals surface area (Å²) in [6, 6.07) is 0. The number of carbonyl (C=O) groups excluding carboxylic acids is 2. The van der Waals surface area contributed by atoms with Crippen molar-refractivity contribution in [2.45, 2.75) is 91.6 Å². The normalized spacial score (nSPS) is 50.3. The van der Waals surface area contributed by atoms with Crippen LogP contribution in [-0.4, -0.2) is 35.0 Å². The van der Waals surface area contributed by atoms with Crippen LogP contribution in [0.1, 0.15) is 85.5 Å². The van der Waals surface area contributed by atoms with Crippen LogP contribution in [0, 0.1) is 52.3 Å². The molecule has 0 aromatic heterocycles. The first-order chi connectivity index (χ1) is 14.6. The molecule has 4 saturated carbocycles. The number of aliphatic imine (C=N–C) groups is 1. The molecular formula is C27H41NO3. The molecule has 0 aromatic rings. The Labute approximate surface area is 187 Å². The van der Waals surface area contributed by atoms with Gasteiger partial charge >= 0.3 is 0 Å². The highest BCUT2D eigenvalue weighted by Crippen LogP contribution is 2.67. The lowest BCUT2D eigenvalue weighted by molar-refractivity contribution is -0.160. The number of rotatable bonds is 3. The Kier molecular flexibility index (Phi) is 5.27. The molecule has 4 fully saturated rings. The third-order valence-electron chi connectivity index (χ3n) is 10.9. The first-order valence-electron chi connectivity index (χ1n) is 12.9. The van der Waals surface area contributed by atoms with Gasteiger partial charge in [-0.15, -0.1) is 0 Å². The van der Waals surface area contributed by atoms with Gasteiger partial charge in [0.1, 0.15) is 5.78 Å². The van der Waals surface area contributed by atoms with Crippen LogP contribution >= 0.6 is 0 Å². The van der Waals surface area contributed by atoms with Gasteiger partial charge < -0.3 is 5.11 Å². The number of hydrogen-bond acceptors (Lipinski definition) is 4. The molecule has 31 heavy (non-hydrogen) atoms. The van der Waals surface area contributed by atoms with Crippen molar-refractivity contribution in [1.29, 1.82) is 0 Å². The van der Waals surface area contributed by atoms with Gasteiger partial charge in [0.05, 0.1) is 11.8 Å². The summed E-state index contributed by atoms with van der Waals surface area (Å²) in [5.74, 6) is 3.36. The average molecular weight is 428 g/mol. The van der Waals surface area contributed by atoms with Crippen LogP contribution < -0.4 is 0 Å². The average Bonchev–Trinajstić information content (AvgIpc) is 3.31. The molecule has 0 saturated heterocycles. The van der Waals surface area contributed by atoms with Crippen molar-refractivity contribution in [3.05, 3.63) is 0 Å². The molecule has 4 aliphatic carbocycles. The third kappa shape index (κ3) is 3.21. The molecule has 0 bridgehead atoms. The molecule has 4 nitrogen and oxygen atoms in total. The van der Waals surface area contributed by atoms with E-state index in [1.807, 2.05) is 0 Å². The fourth-order valence-electron chi connectivity index (χ4n) is 9.23. The number of ketones is 2. The molecule has 10 atom stereocenters. The fraction of sp³-hybridized carbons (Fsp3) is 0.889. The van der Waals surface area contributed by atoms with Crippen LogP contribution in [0.4, 0.5) is 0 Å². The number of fused-ring (bicyclic) bond motifs is 5. The van der Waals surface area contributed by atoms with E-state index >= 15 is 0 Å². The molecule has 1 heterocycles. The summed E-state index contributed by atoms with van der Waals surface area (Å²) < 4.78 is 0. The lowest BCUT2D eigenvalue weighted by atomic mass is 9.44. The Hall–Kier alpha value is -1.03. The Morgan fingerprint density at radius 2 is 1.77 bits per heavy atom. The highest BCUT2D eigenvalue weighted by atomic mass is 16.3. The summed E-state index contributed by atoms with van der Waals surface area (Å²) in [5.41, 5.74) is 1.07. The minimum Gasteiger partial charge on any atom is -0.393 e. The van der Waals surface area contributed by atoms with E-state index in [1.54, 1.807) is 0 Å². The zero-order chi connectivity index (χ0) is 22.1. The lowest BCUT2D eigenvalue weighted by Gasteiger charge is -2.60. The largest absolute Gasteiger partial charge is 0.393 e. The maximum absolute atomic E-state index is 13.3. The van der Waals surface area contributed by atoms with Gasteiger partial charge in [0.2, 0.25) is 0 Å². The fourth-order valence-corrected chi connectivity index (χ4v) is 9.23. The molecule has 0 spiro atoms. The SMILES string of the molecule is C[C@@H]1CN=C(C(=O)[C@H](C)[C@H]2CC[C@H]3[C@@H]4CC(=O)[C@H]5C[C@@H](O)CC[C@]5(C)[C@H]4CC[C@]23C)C1. The number of aliphatic hydroxyl groups excluding tert-OH is 1. The van der Waals surface area contributed by atoms with E-state index in [4.69, 9.17) is 0 Å². The standard InChI is InChI=1S/C27H41NO3/c1-15-11-23(28-14-15)25(31)16(2)19-5-6-20-18-13-24(30)22-12-17(29)7-9-27(22,4)21(18)8-10-26(19,20)3/h15-22,29H,5-14H2,1-4H3/t15-,16+,17-,18-,19+,20-,21-,22+,26+,27+/m0/s1. The molecule has 0 aromatic carbocycles. The van der Waals surface area contributed by atoms with Crippen LogP contribution in [0.2, 0.25) is 0 Å². The van der Waals surface area contributed by atoms with Crippen molar-refractivity contribution in [1.82, 2.24) is 0 Å². The van der Waals surface area contributed by atoms with Gasteiger partial charge in [0, 0.05) is 24.8 Å². The summed E-state index contributed by atoms with van der Waals surface area (Å²) in [7, 11) is 0. The van der Waals surface area contributed by atoms with Crippen LogP contribution in [-0.2, 0) is 9.59 Å². The van der Waals surface area contributed by atoms with Gasteiger partial charge in [-0.2, -0.15) is 0 Å². The number of nitrogens with zero attached hydrogens (tertiary/aromatic N) is 1. The Morgan fingerprint density at radius 1 is 1.06 bits per heavy atom. The summed E-state index contributed by atoms with van der Waals surface area (Å²) >= 11 is 0. The zero-order valence-electron chi connectivity index (χ0n) is 19.9. The smallest absolute Gasteiger partial charge is 0.179 e. The third-order valence-corrected chi connectivity index (χ3v) is 10.9. The van der Waals surface area contributed by atoms with E-state index in [2.05, 4.69) is 32.7 Å². The Morgan fingerprint density at radius 3 is 2.48 bits per heavy atom. The minimum absolute atomic E-state index is 0.0445. The van der Waals surface area contributed by atoms with Crippen LogP contribution in [0.25, 0.3) is 0 Å². The highest BCUT2D eigenvalue weighted by Gasteiger charge is 2.62. The van der Waals surface area contributed by atoms with Crippen LogP contribution in [0.3, 0.4) is 0 Å². The summed E-state index contributed by atoms with van der Waals surface area (Å²) in [6.45, 7) is 9.94. The van der Waals surface area contributed by atoms with Crippen molar-refractivity contribution < 1.29 is 14.7 Å². The highest BCUT2D eigenvalue weighted by molar-refractivity contribution is 6.41. The molecule has 4 heteroatoms.